The first kappa shape index (κ1) is 16.8. The predicted molar refractivity (Wildman–Crippen MR) is 104 cm³/mol. The van der Waals surface area contributed by atoms with Gasteiger partial charge in [-0.15, -0.1) is 0 Å². The van der Waals surface area contributed by atoms with Gasteiger partial charge in [0, 0.05) is 17.5 Å². The fourth-order valence-electron chi connectivity index (χ4n) is 3.43. The van der Waals surface area contributed by atoms with E-state index in [1.807, 2.05) is 54.6 Å². The van der Waals surface area contributed by atoms with Crippen molar-refractivity contribution >= 4 is 11.0 Å². The average molecular weight is 374 g/mol. The first-order valence-corrected chi connectivity index (χ1v) is 9.20. The molecule has 2 aromatic carbocycles. The third-order valence-corrected chi connectivity index (χ3v) is 4.69. The molecule has 0 fully saturated rings. The highest BCUT2D eigenvalue weighted by molar-refractivity contribution is 5.92. The van der Waals surface area contributed by atoms with Gasteiger partial charge in [0.25, 0.3) is 0 Å². The molecule has 0 amide bonds. The minimum absolute atomic E-state index is 0.0914. The Labute approximate surface area is 161 Å². The number of para-hydroxylation sites is 1. The van der Waals surface area contributed by atoms with Gasteiger partial charge in [0.2, 0.25) is 5.88 Å². The number of furan rings is 1. The molecular formula is C22H18N2O4. The van der Waals surface area contributed by atoms with Crippen LogP contribution in [-0.2, 0) is 6.42 Å². The summed E-state index contributed by atoms with van der Waals surface area (Å²) in [5.41, 5.74) is 3.12. The van der Waals surface area contributed by atoms with E-state index in [9.17, 15) is 5.11 Å². The highest BCUT2D eigenvalue weighted by Crippen LogP contribution is 2.44. The fraction of sp³-hybridized carbons (Fsp3) is 0.182. The zero-order valence-corrected chi connectivity index (χ0v) is 15.1. The highest BCUT2D eigenvalue weighted by Gasteiger charge is 2.28. The Hall–Kier alpha value is -3.38. The summed E-state index contributed by atoms with van der Waals surface area (Å²) < 4.78 is 17.9. The first-order chi connectivity index (χ1) is 13.8. The van der Waals surface area contributed by atoms with Gasteiger partial charge in [-0.25, -0.2) is 4.98 Å². The van der Waals surface area contributed by atoms with Crippen LogP contribution in [0.2, 0.25) is 0 Å². The second kappa shape index (κ2) is 6.98. The van der Waals surface area contributed by atoms with Crippen molar-refractivity contribution in [3.05, 3.63) is 60.2 Å². The molecule has 0 bridgehead atoms. The standard InChI is InChI=1S/C22H18N2O4/c25-11-13-27-22-16-10-12-26-19-15-8-4-5-9-17(15)28-20(19)18(16)23-21(24-22)14-6-2-1-3-7-14/h1-9,25H,10-13H2. The van der Waals surface area contributed by atoms with Crippen LogP contribution in [0.5, 0.6) is 11.6 Å². The molecule has 28 heavy (non-hydrogen) atoms. The second-order valence-corrected chi connectivity index (χ2v) is 6.47. The van der Waals surface area contributed by atoms with E-state index in [4.69, 9.17) is 18.9 Å². The maximum Gasteiger partial charge on any atom is 0.221 e. The van der Waals surface area contributed by atoms with Gasteiger partial charge < -0.3 is 19.0 Å². The minimum Gasteiger partial charge on any atom is -0.488 e. The molecule has 0 spiro atoms. The molecule has 0 saturated heterocycles. The van der Waals surface area contributed by atoms with Crippen molar-refractivity contribution in [3.8, 4) is 34.5 Å². The Bertz CT molecular complexity index is 1140. The zero-order chi connectivity index (χ0) is 18.9. The van der Waals surface area contributed by atoms with Crippen molar-refractivity contribution in [2.75, 3.05) is 19.8 Å². The second-order valence-electron chi connectivity index (χ2n) is 6.47. The summed E-state index contributed by atoms with van der Waals surface area (Å²) in [5.74, 6) is 2.28. The summed E-state index contributed by atoms with van der Waals surface area (Å²) in [5, 5.41) is 10.1. The number of aliphatic hydroxyl groups is 1. The van der Waals surface area contributed by atoms with Crippen LogP contribution in [0.25, 0.3) is 33.8 Å². The van der Waals surface area contributed by atoms with Gasteiger partial charge in [-0.2, -0.15) is 4.98 Å². The number of nitrogens with zero attached hydrogens (tertiary/aromatic N) is 2. The Balaban J connectivity index is 1.76. The van der Waals surface area contributed by atoms with Crippen molar-refractivity contribution in [2.45, 2.75) is 6.42 Å². The number of hydrogen-bond donors (Lipinski definition) is 1. The summed E-state index contributed by atoms with van der Waals surface area (Å²) in [6, 6.07) is 17.5. The van der Waals surface area contributed by atoms with Crippen LogP contribution in [0, 0.1) is 0 Å². The lowest BCUT2D eigenvalue weighted by Gasteiger charge is -2.13. The van der Waals surface area contributed by atoms with Crippen molar-refractivity contribution < 1.29 is 19.0 Å². The molecule has 1 N–H and O–H groups in total. The Morgan fingerprint density at radius 3 is 2.68 bits per heavy atom. The molecule has 0 unspecified atom stereocenters. The van der Waals surface area contributed by atoms with Crippen LogP contribution in [0.1, 0.15) is 5.56 Å². The van der Waals surface area contributed by atoms with Crippen molar-refractivity contribution in [3.63, 3.8) is 0 Å². The topological polar surface area (TPSA) is 77.6 Å². The molecular weight excluding hydrogens is 356 g/mol. The molecule has 0 aliphatic carbocycles. The lowest BCUT2D eigenvalue weighted by molar-refractivity contribution is 0.195. The Morgan fingerprint density at radius 2 is 1.82 bits per heavy atom. The van der Waals surface area contributed by atoms with Crippen molar-refractivity contribution in [1.82, 2.24) is 9.97 Å². The number of fused-ring (bicyclic) bond motifs is 5. The molecule has 2 aromatic heterocycles. The number of aliphatic hydroxyl groups excluding tert-OH is 1. The third-order valence-electron chi connectivity index (χ3n) is 4.69. The highest BCUT2D eigenvalue weighted by atomic mass is 16.5. The van der Waals surface area contributed by atoms with E-state index in [1.165, 1.54) is 0 Å². The van der Waals surface area contributed by atoms with E-state index in [-0.39, 0.29) is 13.2 Å². The SMILES string of the molecule is OCCOc1nc(-c2ccccc2)nc2c1CCOc1c-2oc2ccccc12. The van der Waals surface area contributed by atoms with Crippen molar-refractivity contribution in [2.24, 2.45) is 0 Å². The van der Waals surface area contributed by atoms with E-state index >= 15 is 0 Å². The van der Waals surface area contributed by atoms with Gasteiger partial charge in [-0.1, -0.05) is 42.5 Å². The number of hydrogen-bond acceptors (Lipinski definition) is 6. The van der Waals surface area contributed by atoms with Crippen LogP contribution in [0.3, 0.4) is 0 Å². The average Bonchev–Trinajstić information content (AvgIpc) is 3.01. The van der Waals surface area contributed by atoms with Crippen LogP contribution < -0.4 is 9.47 Å². The van der Waals surface area contributed by atoms with Crippen LogP contribution in [0.15, 0.2) is 59.0 Å². The van der Waals surface area contributed by atoms with E-state index in [0.29, 0.717) is 41.9 Å². The van der Waals surface area contributed by atoms with Gasteiger partial charge in [0.1, 0.15) is 17.9 Å². The normalized spacial score (nSPS) is 12.8. The number of rotatable bonds is 4. The van der Waals surface area contributed by atoms with Crippen LogP contribution in [-0.4, -0.2) is 34.9 Å². The van der Waals surface area contributed by atoms with Gasteiger partial charge in [-0.05, 0) is 12.1 Å². The van der Waals surface area contributed by atoms with E-state index in [0.717, 1.165) is 22.1 Å². The molecule has 6 nitrogen and oxygen atoms in total. The molecule has 5 rings (SSSR count). The fourth-order valence-corrected chi connectivity index (χ4v) is 3.43. The van der Waals surface area contributed by atoms with Gasteiger partial charge >= 0.3 is 0 Å². The van der Waals surface area contributed by atoms with Crippen molar-refractivity contribution in [1.29, 1.82) is 0 Å². The summed E-state index contributed by atoms with van der Waals surface area (Å²) in [6.45, 7) is 0.532. The molecule has 1 aliphatic heterocycles. The molecule has 0 saturated carbocycles. The maximum absolute atomic E-state index is 9.21. The van der Waals surface area contributed by atoms with E-state index in [1.54, 1.807) is 0 Å². The number of ether oxygens (including phenoxy) is 2. The van der Waals surface area contributed by atoms with Gasteiger partial charge in [0.05, 0.1) is 18.6 Å². The minimum atomic E-state index is -0.0914. The molecule has 0 radical (unpaired) electrons. The quantitative estimate of drug-likeness (QED) is 0.584. The lowest BCUT2D eigenvalue weighted by atomic mass is 10.1. The Morgan fingerprint density at radius 1 is 1.00 bits per heavy atom. The number of aromatic nitrogens is 2. The zero-order valence-electron chi connectivity index (χ0n) is 15.1. The summed E-state index contributed by atoms with van der Waals surface area (Å²) in [7, 11) is 0. The number of benzene rings is 2. The molecule has 4 aromatic rings. The predicted octanol–water partition coefficient (Wildman–Crippen LogP) is 3.86. The molecule has 6 heteroatoms. The monoisotopic (exact) mass is 374 g/mol. The smallest absolute Gasteiger partial charge is 0.221 e. The van der Waals surface area contributed by atoms with Crippen LogP contribution in [0.4, 0.5) is 0 Å². The van der Waals surface area contributed by atoms with Gasteiger partial charge in [0.15, 0.2) is 17.3 Å². The molecule has 140 valence electrons. The molecule has 3 heterocycles. The van der Waals surface area contributed by atoms with Gasteiger partial charge in [-0.3, -0.25) is 0 Å². The first-order valence-electron chi connectivity index (χ1n) is 9.20. The third kappa shape index (κ3) is 2.78. The summed E-state index contributed by atoms with van der Waals surface area (Å²) in [6.07, 6.45) is 0.587. The lowest BCUT2D eigenvalue weighted by Crippen LogP contribution is -2.09. The largest absolute Gasteiger partial charge is 0.488 e. The van der Waals surface area contributed by atoms with E-state index in [2.05, 4.69) is 4.98 Å². The Kier molecular flexibility index (Phi) is 4.18. The molecule has 0 atom stereocenters. The summed E-state index contributed by atoms with van der Waals surface area (Å²) in [4.78, 5) is 9.44. The van der Waals surface area contributed by atoms with E-state index < -0.39 is 0 Å². The molecule has 1 aliphatic rings. The van der Waals surface area contributed by atoms with Crippen LogP contribution >= 0.6 is 0 Å². The summed E-state index contributed by atoms with van der Waals surface area (Å²) >= 11 is 0. The maximum atomic E-state index is 9.21.